The van der Waals surface area contributed by atoms with Gasteiger partial charge in [0.2, 0.25) is 5.91 Å². The first kappa shape index (κ1) is 29.4. The van der Waals surface area contributed by atoms with Crippen molar-refractivity contribution in [2.75, 3.05) is 0 Å². The van der Waals surface area contributed by atoms with Gasteiger partial charge in [0.05, 0.1) is 35.3 Å². The molecule has 0 spiro atoms. The van der Waals surface area contributed by atoms with E-state index in [1.54, 1.807) is 12.1 Å². The van der Waals surface area contributed by atoms with Crippen LogP contribution in [0.1, 0.15) is 47.1 Å². The highest BCUT2D eigenvalue weighted by atomic mass is 35.5. The van der Waals surface area contributed by atoms with Crippen LogP contribution in [-0.4, -0.2) is 18.1 Å². The molecule has 4 atom stereocenters. The van der Waals surface area contributed by atoms with Gasteiger partial charge >= 0.3 is 12.4 Å². The van der Waals surface area contributed by atoms with Gasteiger partial charge in [-0.2, -0.15) is 26.3 Å². The van der Waals surface area contributed by atoms with Crippen LogP contribution in [0, 0.1) is 5.92 Å². The number of alkyl halides is 6. The molecule has 4 unspecified atom stereocenters. The fraction of sp³-hybridized carbons (Fsp3) is 0.367. The molecule has 5 rings (SSSR count). The second kappa shape index (κ2) is 11.3. The van der Waals surface area contributed by atoms with Gasteiger partial charge in [-0.25, -0.2) is 0 Å². The summed E-state index contributed by atoms with van der Waals surface area (Å²) in [6.07, 6.45) is -9.11. The number of benzene rings is 3. The highest BCUT2D eigenvalue weighted by Gasteiger charge is 2.56. The number of ether oxygens (including phenoxy) is 1. The summed E-state index contributed by atoms with van der Waals surface area (Å²) in [4.78, 5) is 13.3. The molecule has 1 amide bonds. The number of halogens is 7. The van der Waals surface area contributed by atoms with Crippen molar-refractivity contribution in [2.24, 2.45) is 5.92 Å². The second-order valence-corrected chi connectivity index (χ2v) is 11.0. The normalized spacial score (nSPS) is 24.3. The standard InChI is InChI=1S/C30H27ClF6N2O2/c31-23-8-6-18(7-9-23)16-38-27(40)24-15-28(20-4-2-1-3-5-20)26(11-10-25(24)39-28)41-17-19-12-21(29(32,33)34)14-22(13-19)30(35,36)37/h1-9,12-14,24-26,39H,10-11,15-17H2,(H,38,40). The monoisotopic (exact) mass is 596 g/mol. The molecule has 3 aromatic carbocycles. The molecule has 0 aromatic heterocycles. The van der Waals surface area contributed by atoms with Crippen LogP contribution in [0.4, 0.5) is 26.3 Å². The number of nitrogens with one attached hydrogen (secondary N) is 2. The molecule has 3 aromatic rings. The topological polar surface area (TPSA) is 50.4 Å². The fourth-order valence-electron chi connectivity index (χ4n) is 5.90. The van der Waals surface area contributed by atoms with E-state index in [-0.39, 0.29) is 23.6 Å². The minimum Gasteiger partial charge on any atom is -0.371 e. The van der Waals surface area contributed by atoms with Gasteiger partial charge in [-0.15, -0.1) is 0 Å². The van der Waals surface area contributed by atoms with Crippen LogP contribution >= 0.6 is 11.6 Å². The maximum atomic E-state index is 13.4. The Kier molecular flexibility index (Phi) is 8.11. The Hall–Kier alpha value is -3.08. The Labute approximate surface area is 238 Å². The van der Waals surface area contributed by atoms with E-state index in [0.717, 1.165) is 11.1 Å². The van der Waals surface area contributed by atoms with Crippen molar-refractivity contribution in [3.05, 3.63) is 106 Å². The van der Waals surface area contributed by atoms with Crippen LogP contribution < -0.4 is 10.6 Å². The molecule has 2 N–H and O–H groups in total. The minimum atomic E-state index is -4.95. The quantitative estimate of drug-likeness (QED) is 0.283. The third-order valence-electron chi connectivity index (χ3n) is 7.86. The minimum absolute atomic E-state index is 0.103. The summed E-state index contributed by atoms with van der Waals surface area (Å²) in [5.74, 6) is -0.565. The van der Waals surface area contributed by atoms with Gasteiger partial charge in [0.15, 0.2) is 0 Å². The number of piperidine rings is 1. The first-order valence-corrected chi connectivity index (χ1v) is 13.5. The number of fused-ring (bicyclic) bond motifs is 2. The average molecular weight is 597 g/mol. The molecular formula is C30H27ClF6N2O2. The van der Waals surface area contributed by atoms with Gasteiger partial charge in [-0.05, 0) is 66.3 Å². The van der Waals surface area contributed by atoms with E-state index in [0.29, 0.717) is 43.0 Å². The molecule has 41 heavy (non-hydrogen) atoms. The SMILES string of the molecule is O=C(NCc1ccc(Cl)cc1)C1CC2(c3ccccc3)NC1CCC2OCc1cc(C(F)(F)F)cc(C(F)(F)F)c1. The summed E-state index contributed by atoms with van der Waals surface area (Å²) in [5.41, 5.74) is -2.13. The highest BCUT2D eigenvalue weighted by molar-refractivity contribution is 6.30. The van der Waals surface area contributed by atoms with Crippen molar-refractivity contribution in [3.8, 4) is 0 Å². The Bertz CT molecular complexity index is 1350. The van der Waals surface area contributed by atoms with Crippen molar-refractivity contribution in [2.45, 2.75) is 62.5 Å². The molecule has 2 saturated heterocycles. The smallest absolute Gasteiger partial charge is 0.371 e. The maximum absolute atomic E-state index is 13.4. The molecule has 0 aliphatic carbocycles. The van der Waals surface area contributed by atoms with Gasteiger partial charge in [0, 0.05) is 17.6 Å². The maximum Gasteiger partial charge on any atom is 0.416 e. The summed E-state index contributed by atoms with van der Waals surface area (Å²) in [6.45, 7) is -0.138. The zero-order valence-electron chi connectivity index (χ0n) is 21.7. The molecule has 2 heterocycles. The third kappa shape index (κ3) is 6.39. The van der Waals surface area contributed by atoms with Crippen LogP contribution in [0.3, 0.4) is 0 Å². The molecule has 0 saturated carbocycles. The second-order valence-electron chi connectivity index (χ2n) is 10.5. The van der Waals surface area contributed by atoms with Crippen molar-refractivity contribution in [3.63, 3.8) is 0 Å². The van der Waals surface area contributed by atoms with Crippen molar-refractivity contribution in [1.29, 1.82) is 0 Å². The number of rotatable bonds is 7. The van der Waals surface area contributed by atoms with E-state index in [2.05, 4.69) is 10.6 Å². The van der Waals surface area contributed by atoms with Crippen LogP contribution in [0.5, 0.6) is 0 Å². The Balaban J connectivity index is 1.37. The Morgan fingerprint density at radius 1 is 0.902 bits per heavy atom. The van der Waals surface area contributed by atoms with Gasteiger partial charge in [-0.3, -0.25) is 4.79 Å². The van der Waals surface area contributed by atoms with Crippen LogP contribution in [-0.2, 0) is 40.6 Å². The van der Waals surface area contributed by atoms with Crippen molar-refractivity contribution >= 4 is 17.5 Å². The summed E-state index contributed by atoms with van der Waals surface area (Å²) in [7, 11) is 0. The number of amides is 1. The van der Waals surface area contributed by atoms with E-state index >= 15 is 0 Å². The lowest BCUT2D eigenvalue weighted by molar-refractivity contribution is -0.143. The molecule has 218 valence electrons. The third-order valence-corrected chi connectivity index (χ3v) is 8.12. The van der Waals surface area contributed by atoms with E-state index in [4.69, 9.17) is 16.3 Å². The first-order valence-electron chi connectivity index (χ1n) is 13.1. The van der Waals surface area contributed by atoms with Gasteiger partial charge in [0.25, 0.3) is 0 Å². The lowest BCUT2D eigenvalue weighted by Crippen LogP contribution is -2.54. The first-order chi connectivity index (χ1) is 19.3. The Morgan fingerprint density at radius 2 is 1.54 bits per heavy atom. The molecule has 2 fully saturated rings. The van der Waals surface area contributed by atoms with Gasteiger partial charge in [0.1, 0.15) is 0 Å². The molecule has 0 radical (unpaired) electrons. The van der Waals surface area contributed by atoms with Crippen LogP contribution in [0.15, 0.2) is 72.8 Å². The number of carbonyl (C=O) groups is 1. The highest BCUT2D eigenvalue weighted by Crippen LogP contribution is 2.48. The number of carbonyl (C=O) groups excluding carboxylic acids is 1. The summed E-state index contributed by atoms with van der Waals surface area (Å²) < 4.78 is 86.4. The zero-order valence-corrected chi connectivity index (χ0v) is 22.4. The predicted octanol–water partition coefficient (Wildman–Crippen LogP) is 7.25. The average Bonchev–Trinajstić information content (AvgIpc) is 3.25. The molecule has 2 aliphatic heterocycles. The zero-order chi connectivity index (χ0) is 29.4. The predicted molar refractivity (Wildman–Crippen MR) is 141 cm³/mol. The molecule has 2 bridgehead atoms. The number of hydrogen-bond acceptors (Lipinski definition) is 3. The van der Waals surface area contributed by atoms with E-state index in [9.17, 15) is 31.1 Å². The lowest BCUT2D eigenvalue weighted by Gasteiger charge is -2.42. The van der Waals surface area contributed by atoms with Crippen LogP contribution in [0.25, 0.3) is 0 Å². The van der Waals surface area contributed by atoms with E-state index in [1.165, 1.54) is 0 Å². The van der Waals surface area contributed by atoms with Crippen molar-refractivity contribution < 1.29 is 35.9 Å². The summed E-state index contributed by atoms with van der Waals surface area (Å²) >= 11 is 5.94. The summed E-state index contributed by atoms with van der Waals surface area (Å²) in [5, 5.41) is 7.12. The van der Waals surface area contributed by atoms with E-state index in [1.807, 2.05) is 42.5 Å². The summed E-state index contributed by atoms with van der Waals surface area (Å²) in [6, 6.07) is 17.7. The van der Waals surface area contributed by atoms with Gasteiger partial charge in [-0.1, -0.05) is 54.1 Å². The van der Waals surface area contributed by atoms with Crippen molar-refractivity contribution in [1.82, 2.24) is 10.6 Å². The largest absolute Gasteiger partial charge is 0.416 e. The lowest BCUT2D eigenvalue weighted by atomic mass is 9.80. The van der Waals surface area contributed by atoms with E-state index < -0.39 is 47.6 Å². The molecular weight excluding hydrogens is 570 g/mol. The molecule has 11 heteroatoms. The molecule has 4 nitrogen and oxygen atoms in total. The van der Waals surface area contributed by atoms with Crippen LogP contribution in [0.2, 0.25) is 5.02 Å². The molecule has 2 aliphatic rings. The number of hydrogen-bond donors (Lipinski definition) is 2. The Morgan fingerprint density at radius 3 is 2.15 bits per heavy atom. The van der Waals surface area contributed by atoms with Gasteiger partial charge < -0.3 is 15.4 Å². The fourth-order valence-corrected chi connectivity index (χ4v) is 6.03.